The van der Waals surface area contributed by atoms with Crippen molar-refractivity contribution in [1.82, 2.24) is 10.6 Å². The molecule has 0 aromatic heterocycles. The van der Waals surface area contributed by atoms with Crippen molar-refractivity contribution >= 4 is 29.1 Å². The fourth-order valence-electron chi connectivity index (χ4n) is 2.95. The van der Waals surface area contributed by atoms with Crippen molar-refractivity contribution in [2.45, 2.75) is 31.8 Å². The minimum Gasteiger partial charge on any atom is -0.349 e. The van der Waals surface area contributed by atoms with Crippen LogP contribution >= 0.6 is 12.4 Å². The molecule has 0 radical (unpaired) electrons. The normalized spacial score (nSPS) is 21.6. The first-order valence-electron chi connectivity index (χ1n) is 7.26. The Labute approximate surface area is 131 Å². The molecule has 0 aliphatic carbocycles. The summed E-state index contributed by atoms with van der Waals surface area (Å²) in [6.45, 7) is 3.14. The van der Waals surface area contributed by atoms with E-state index in [9.17, 15) is 4.79 Å². The zero-order valence-electron chi connectivity index (χ0n) is 12.1. The van der Waals surface area contributed by atoms with Gasteiger partial charge in [0.25, 0.3) is 5.91 Å². The number of hydrogen-bond donors (Lipinski definition) is 2. The molecule has 2 atom stereocenters. The zero-order valence-corrected chi connectivity index (χ0v) is 13.0. The molecule has 3 rings (SSSR count). The summed E-state index contributed by atoms with van der Waals surface area (Å²) in [5, 5.41) is 8.71. The summed E-state index contributed by atoms with van der Waals surface area (Å²) in [6, 6.07) is 14.7. The summed E-state index contributed by atoms with van der Waals surface area (Å²) in [4.78, 5) is 12.5. The van der Waals surface area contributed by atoms with Crippen molar-refractivity contribution in [3.05, 3.63) is 48.0 Å². The predicted octanol–water partition coefficient (Wildman–Crippen LogP) is 3.13. The van der Waals surface area contributed by atoms with Gasteiger partial charge in [0.2, 0.25) is 0 Å². The van der Waals surface area contributed by atoms with Crippen LogP contribution in [0, 0.1) is 0 Å². The van der Waals surface area contributed by atoms with Gasteiger partial charge in [-0.15, -0.1) is 12.4 Å². The summed E-state index contributed by atoms with van der Waals surface area (Å²) < 4.78 is 0. The van der Waals surface area contributed by atoms with Gasteiger partial charge in [-0.2, -0.15) is 0 Å². The minimum atomic E-state index is 0. The Balaban J connectivity index is 0.00000161. The molecule has 1 saturated heterocycles. The average molecular weight is 305 g/mol. The van der Waals surface area contributed by atoms with E-state index in [-0.39, 0.29) is 24.4 Å². The van der Waals surface area contributed by atoms with E-state index in [4.69, 9.17) is 0 Å². The summed E-state index contributed by atoms with van der Waals surface area (Å²) in [5.74, 6) is 0.0425. The molecule has 112 valence electrons. The summed E-state index contributed by atoms with van der Waals surface area (Å²) >= 11 is 0. The monoisotopic (exact) mass is 304 g/mol. The smallest absolute Gasteiger partial charge is 0.252 e. The highest BCUT2D eigenvalue weighted by Crippen LogP contribution is 2.19. The molecule has 2 N–H and O–H groups in total. The Morgan fingerprint density at radius 3 is 2.76 bits per heavy atom. The number of amides is 1. The summed E-state index contributed by atoms with van der Waals surface area (Å²) in [5.41, 5.74) is 0.772. The van der Waals surface area contributed by atoms with Crippen LogP contribution < -0.4 is 10.6 Å². The first-order chi connectivity index (χ1) is 9.74. The van der Waals surface area contributed by atoms with Gasteiger partial charge in [0.05, 0.1) is 0 Å². The van der Waals surface area contributed by atoms with Crippen molar-refractivity contribution < 1.29 is 4.79 Å². The fraction of sp³-hybridized carbons (Fsp3) is 0.353. The van der Waals surface area contributed by atoms with Gasteiger partial charge in [-0.05, 0) is 43.1 Å². The van der Waals surface area contributed by atoms with Crippen molar-refractivity contribution in [3.8, 4) is 0 Å². The van der Waals surface area contributed by atoms with Crippen LogP contribution in [-0.2, 0) is 0 Å². The quantitative estimate of drug-likeness (QED) is 0.895. The van der Waals surface area contributed by atoms with E-state index in [1.54, 1.807) is 0 Å². The highest BCUT2D eigenvalue weighted by Gasteiger charge is 2.21. The van der Waals surface area contributed by atoms with Crippen LogP contribution in [-0.4, -0.2) is 24.5 Å². The highest BCUT2D eigenvalue weighted by atomic mass is 35.5. The molecule has 0 saturated carbocycles. The molecular formula is C17H21ClN2O. The Bertz CT molecular complexity index is 624. The summed E-state index contributed by atoms with van der Waals surface area (Å²) in [7, 11) is 0. The summed E-state index contributed by atoms with van der Waals surface area (Å²) in [6.07, 6.45) is 2.00. The van der Waals surface area contributed by atoms with Gasteiger partial charge >= 0.3 is 0 Å². The molecule has 3 nitrogen and oxygen atoms in total. The van der Waals surface area contributed by atoms with Crippen LogP contribution in [0.25, 0.3) is 10.8 Å². The van der Waals surface area contributed by atoms with Gasteiger partial charge < -0.3 is 10.6 Å². The number of rotatable bonds is 2. The lowest BCUT2D eigenvalue weighted by Crippen LogP contribution is -2.46. The first kappa shape index (κ1) is 15.8. The standard InChI is InChI=1S/C17H20N2O.ClH/c1-12-11-14(9-10-18-12)19-17(20)16-8-4-6-13-5-2-3-7-15(13)16;/h2-8,12,14,18H,9-11H2,1H3,(H,19,20);1H. The number of fused-ring (bicyclic) bond motifs is 1. The van der Waals surface area contributed by atoms with Gasteiger partial charge in [0.1, 0.15) is 0 Å². The molecule has 1 fully saturated rings. The fourth-order valence-corrected chi connectivity index (χ4v) is 2.95. The van der Waals surface area contributed by atoms with E-state index in [2.05, 4.69) is 17.6 Å². The van der Waals surface area contributed by atoms with Crippen LogP contribution in [0.4, 0.5) is 0 Å². The van der Waals surface area contributed by atoms with Crippen molar-refractivity contribution in [2.24, 2.45) is 0 Å². The molecule has 21 heavy (non-hydrogen) atoms. The molecule has 2 aromatic carbocycles. The number of piperidine rings is 1. The van der Waals surface area contributed by atoms with Gasteiger partial charge in [0.15, 0.2) is 0 Å². The maximum absolute atomic E-state index is 12.5. The van der Waals surface area contributed by atoms with Crippen LogP contribution in [0.3, 0.4) is 0 Å². The Morgan fingerprint density at radius 1 is 1.19 bits per heavy atom. The molecule has 1 heterocycles. The SMILES string of the molecule is CC1CC(NC(=O)c2cccc3ccccc23)CCN1.Cl. The second-order valence-corrected chi connectivity index (χ2v) is 5.58. The Kier molecular flexibility index (Phi) is 5.21. The van der Waals surface area contributed by atoms with Crippen molar-refractivity contribution in [3.63, 3.8) is 0 Å². The largest absolute Gasteiger partial charge is 0.349 e. The van der Waals surface area contributed by atoms with Gasteiger partial charge in [-0.3, -0.25) is 4.79 Å². The maximum Gasteiger partial charge on any atom is 0.252 e. The lowest BCUT2D eigenvalue weighted by atomic mass is 9.99. The van der Waals surface area contributed by atoms with Gasteiger partial charge in [-0.1, -0.05) is 36.4 Å². The maximum atomic E-state index is 12.5. The number of nitrogens with one attached hydrogen (secondary N) is 2. The van der Waals surface area contributed by atoms with Crippen LogP contribution in [0.1, 0.15) is 30.1 Å². The number of carbonyl (C=O) groups is 1. The van der Waals surface area contributed by atoms with Gasteiger partial charge in [0, 0.05) is 17.6 Å². The topological polar surface area (TPSA) is 41.1 Å². The van der Waals surface area contributed by atoms with E-state index >= 15 is 0 Å². The van der Waals surface area contributed by atoms with Crippen molar-refractivity contribution in [2.75, 3.05) is 6.54 Å². The third-order valence-electron chi connectivity index (χ3n) is 3.99. The van der Waals surface area contributed by atoms with Crippen molar-refractivity contribution in [1.29, 1.82) is 0 Å². The molecule has 2 aromatic rings. The zero-order chi connectivity index (χ0) is 13.9. The number of hydrogen-bond acceptors (Lipinski definition) is 2. The Morgan fingerprint density at radius 2 is 1.95 bits per heavy atom. The minimum absolute atomic E-state index is 0. The number of carbonyl (C=O) groups excluding carboxylic acids is 1. The number of halogens is 1. The van der Waals surface area contributed by atoms with E-state index in [0.29, 0.717) is 6.04 Å². The van der Waals surface area contributed by atoms with E-state index in [1.807, 2.05) is 42.5 Å². The lowest BCUT2D eigenvalue weighted by Gasteiger charge is -2.28. The molecule has 4 heteroatoms. The number of benzene rings is 2. The Hall–Kier alpha value is -1.58. The molecule has 2 unspecified atom stereocenters. The highest BCUT2D eigenvalue weighted by molar-refractivity contribution is 6.07. The molecular weight excluding hydrogens is 284 g/mol. The predicted molar refractivity (Wildman–Crippen MR) is 89.1 cm³/mol. The molecule has 0 bridgehead atoms. The van der Waals surface area contributed by atoms with Gasteiger partial charge in [-0.25, -0.2) is 0 Å². The molecule has 1 aliphatic rings. The molecule has 0 spiro atoms. The van der Waals surface area contributed by atoms with Crippen LogP contribution in [0.2, 0.25) is 0 Å². The second-order valence-electron chi connectivity index (χ2n) is 5.58. The van der Waals surface area contributed by atoms with E-state index in [1.165, 1.54) is 0 Å². The molecule has 1 amide bonds. The van der Waals surface area contributed by atoms with Crippen LogP contribution in [0.5, 0.6) is 0 Å². The third kappa shape index (κ3) is 3.55. The lowest BCUT2D eigenvalue weighted by molar-refractivity contribution is 0.0927. The van der Waals surface area contributed by atoms with Crippen LogP contribution in [0.15, 0.2) is 42.5 Å². The molecule has 1 aliphatic heterocycles. The third-order valence-corrected chi connectivity index (χ3v) is 3.99. The average Bonchev–Trinajstić information content (AvgIpc) is 2.46. The first-order valence-corrected chi connectivity index (χ1v) is 7.26. The van der Waals surface area contributed by atoms with E-state index < -0.39 is 0 Å². The van der Waals surface area contributed by atoms with E-state index in [0.717, 1.165) is 35.7 Å². The second kappa shape index (κ2) is 6.92.